The van der Waals surface area contributed by atoms with Crippen LogP contribution in [0, 0.1) is 17.8 Å². The third kappa shape index (κ3) is 1.35. The number of nitrogens with zero attached hydrogens (tertiary/aromatic N) is 3. The third-order valence-electron chi connectivity index (χ3n) is 5.33. The normalized spacial score (nSPS) is 43.3. The molecule has 4 heteroatoms. The first-order valence-corrected chi connectivity index (χ1v) is 7.09. The van der Waals surface area contributed by atoms with Crippen molar-refractivity contribution in [3.8, 4) is 0 Å². The molecule has 0 N–H and O–H groups in total. The highest BCUT2D eigenvalue weighted by Crippen LogP contribution is 2.60. The Morgan fingerprint density at radius 3 is 2.00 bits per heavy atom. The Morgan fingerprint density at radius 1 is 1.06 bits per heavy atom. The van der Waals surface area contributed by atoms with Gasteiger partial charge in [-0.25, -0.2) is 0 Å². The van der Waals surface area contributed by atoms with Crippen molar-refractivity contribution in [2.24, 2.45) is 24.8 Å². The second-order valence-electron chi connectivity index (χ2n) is 6.55. The molecule has 4 aliphatic rings. The molecule has 4 bridgehead atoms. The fourth-order valence-corrected chi connectivity index (χ4v) is 5.27. The lowest BCUT2D eigenvalue weighted by Gasteiger charge is -2.56. The Bertz CT molecular complexity index is 430. The molecular weight excluding hydrogens is 234 g/mol. The van der Waals surface area contributed by atoms with E-state index in [0.717, 1.165) is 23.6 Å². The molecule has 0 spiro atoms. The summed E-state index contributed by atoms with van der Waals surface area (Å²) in [7, 11) is 2.01. The summed E-state index contributed by atoms with van der Waals surface area (Å²) >= 11 is 6.06. The maximum Gasteiger partial charge on any atom is 0.224 e. The van der Waals surface area contributed by atoms with E-state index in [2.05, 4.69) is 10.2 Å². The van der Waals surface area contributed by atoms with Gasteiger partial charge in [0.1, 0.15) is 5.82 Å². The minimum Gasteiger partial charge on any atom is -0.304 e. The Kier molecular flexibility index (Phi) is 1.98. The monoisotopic (exact) mass is 251 g/mol. The number of aromatic nitrogens is 3. The van der Waals surface area contributed by atoms with Gasteiger partial charge in [0.05, 0.1) is 0 Å². The number of hydrogen-bond acceptors (Lipinski definition) is 2. The van der Waals surface area contributed by atoms with E-state index in [0.29, 0.717) is 10.7 Å². The first kappa shape index (κ1) is 10.4. The van der Waals surface area contributed by atoms with Gasteiger partial charge in [-0.05, 0) is 67.9 Å². The van der Waals surface area contributed by atoms with Crippen LogP contribution < -0.4 is 0 Å². The van der Waals surface area contributed by atoms with E-state index in [-0.39, 0.29) is 0 Å². The fourth-order valence-electron chi connectivity index (χ4n) is 5.16. The molecule has 0 unspecified atom stereocenters. The second kappa shape index (κ2) is 3.25. The van der Waals surface area contributed by atoms with Gasteiger partial charge in [-0.2, -0.15) is 0 Å². The summed E-state index contributed by atoms with van der Waals surface area (Å²) in [6.07, 6.45) is 8.35. The molecule has 0 aromatic carbocycles. The highest BCUT2D eigenvalue weighted by molar-refractivity contribution is 6.28. The number of halogens is 1. The maximum atomic E-state index is 6.06. The highest BCUT2D eigenvalue weighted by Gasteiger charge is 2.53. The molecule has 0 amide bonds. The third-order valence-corrected chi connectivity index (χ3v) is 5.66. The van der Waals surface area contributed by atoms with Crippen molar-refractivity contribution >= 4 is 11.6 Å². The summed E-state index contributed by atoms with van der Waals surface area (Å²) in [4.78, 5) is 0. The highest BCUT2D eigenvalue weighted by atomic mass is 35.5. The van der Waals surface area contributed by atoms with Crippen molar-refractivity contribution in [1.82, 2.24) is 14.8 Å². The lowest BCUT2D eigenvalue weighted by Crippen LogP contribution is -2.49. The molecule has 3 nitrogen and oxygen atoms in total. The summed E-state index contributed by atoms with van der Waals surface area (Å²) < 4.78 is 2.01. The van der Waals surface area contributed by atoms with E-state index >= 15 is 0 Å². The van der Waals surface area contributed by atoms with Crippen molar-refractivity contribution in [1.29, 1.82) is 0 Å². The van der Waals surface area contributed by atoms with E-state index in [1.807, 2.05) is 11.6 Å². The quantitative estimate of drug-likeness (QED) is 0.768. The largest absolute Gasteiger partial charge is 0.304 e. The molecule has 1 aromatic rings. The maximum absolute atomic E-state index is 6.06. The average Bonchev–Trinajstić information content (AvgIpc) is 2.58. The fraction of sp³-hybridized carbons (Fsp3) is 0.846. The first-order chi connectivity index (χ1) is 8.16. The van der Waals surface area contributed by atoms with Crippen LogP contribution in [0.2, 0.25) is 5.28 Å². The molecule has 1 aromatic heterocycles. The van der Waals surface area contributed by atoms with Gasteiger partial charge in [0, 0.05) is 12.5 Å². The molecule has 0 aliphatic heterocycles. The number of hydrogen-bond donors (Lipinski definition) is 0. The molecule has 17 heavy (non-hydrogen) atoms. The van der Waals surface area contributed by atoms with Gasteiger partial charge in [-0.1, -0.05) is 0 Å². The molecule has 4 fully saturated rings. The van der Waals surface area contributed by atoms with Crippen LogP contribution in [-0.4, -0.2) is 14.8 Å². The van der Waals surface area contributed by atoms with Gasteiger partial charge in [0.15, 0.2) is 0 Å². The van der Waals surface area contributed by atoms with Crippen LogP contribution in [0.1, 0.15) is 44.3 Å². The minimum atomic E-state index is 0.309. The van der Waals surface area contributed by atoms with Gasteiger partial charge in [0.2, 0.25) is 5.28 Å². The van der Waals surface area contributed by atoms with Crippen LogP contribution in [0.4, 0.5) is 0 Å². The molecular formula is C13H18ClN3. The molecule has 0 radical (unpaired) electrons. The Balaban J connectivity index is 1.80. The van der Waals surface area contributed by atoms with Crippen molar-refractivity contribution in [3.63, 3.8) is 0 Å². The molecule has 4 aliphatic carbocycles. The van der Waals surface area contributed by atoms with Crippen LogP contribution >= 0.6 is 11.6 Å². The van der Waals surface area contributed by atoms with Crippen molar-refractivity contribution in [2.45, 2.75) is 43.9 Å². The summed E-state index contributed by atoms with van der Waals surface area (Å²) in [5.74, 6) is 3.98. The topological polar surface area (TPSA) is 30.7 Å². The van der Waals surface area contributed by atoms with Crippen molar-refractivity contribution < 1.29 is 0 Å². The average molecular weight is 252 g/mol. The Morgan fingerprint density at radius 2 is 1.59 bits per heavy atom. The minimum absolute atomic E-state index is 0.309. The second-order valence-corrected chi connectivity index (χ2v) is 6.89. The van der Waals surface area contributed by atoms with Crippen LogP contribution in [0.3, 0.4) is 0 Å². The van der Waals surface area contributed by atoms with E-state index < -0.39 is 0 Å². The molecule has 92 valence electrons. The lowest BCUT2D eigenvalue weighted by molar-refractivity contribution is -0.0107. The molecule has 5 rings (SSSR count). The van der Waals surface area contributed by atoms with Crippen LogP contribution in [0.25, 0.3) is 0 Å². The number of rotatable bonds is 1. The van der Waals surface area contributed by atoms with E-state index in [9.17, 15) is 0 Å². The van der Waals surface area contributed by atoms with E-state index in [1.54, 1.807) is 0 Å². The smallest absolute Gasteiger partial charge is 0.224 e. The van der Waals surface area contributed by atoms with E-state index in [1.165, 1.54) is 38.5 Å². The molecule has 0 atom stereocenters. The van der Waals surface area contributed by atoms with Crippen LogP contribution in [0.5, 0.6) is 0 Å². The van der Waals surface area contributed by atoms with Gasteiger partial charge in [-0.15, -0.1) is 10.2 Å². The summed E-state index contributed by atoms with van der Waals surface area (Å²) in [6.45, 7) is 0. The van der Waals surface area contributed by atoms with E-state index in [4.69, 9.17) is 11.6 Å². The van der Waals surface area contributed by atoms with Gasteiger partial charge in [-0.3, -0.25) is 0 Å². The summed E-state index contributed by atoms with van der Waals surface area (Å²) in [6, 6.07) is 0. The van der Waals surface area contributed by atoms with Crippen molar-refractivity contribution in [2.75, 3.05) is 0 Å². The van der Waals surface area contributed by atoms with Gasteiger partial charge < -0.3 is 4.57 Å². The first-order valence-electron chi connectivity index (χ1n) is 6.72. The zero-order chi connectivity index (χ0) is 11.6. The Hall–Kier alpha value is -0.570. The molecule has 0 saturated heterocycles. The predicted molar refractivity (Wildman–Crippen MR) is 65.9 cm³/mol. The lowest BCUT2D eigenvalue weighted by atomic mass is 9.49. The Labute approximate surface area is 107 Å². The predicted octanol–water partition coefficient (Wildman–Crippen LogP) is 2.94. The van der Waals surface area contributed by atoms with Crippen molar-refractivity contribution in [3.05, 3.63) is 11.1 Å². The van der Waals surface area contributed by atoms with Crippen LogP contribution in [0.15, 0.2) is 0 Å². The summed E-state index contributed by atoms with van der Waals surface area (Å²) in [5.41, 5.74) is 0.309. The SMILES string of the molecule is Cn1c(Cl)nnc1C12CC3CC(CC(C3)C1)C2. The standard InChI is InChI=1S/C13H18ClN3/c1-17-11(15-16-12(17)14)13-5-8-2-9(6-13)4-10(3-8)7-13/h8-10H,2-7H2,1H3. The van der Waals surface area contributed by atoms with Gasteiger partial charge >= 0.3 is 0 Å². The zero-order valence-corrected chi connectivity index (χ0v) is 11.0. The summed E-state index contributed by atoms with van der Waals surface area (Å²) in [5, 5.41) is 8.98. The van der Waals surface area contributed by atoms with Crippen LogP contribution in [-0.2, 0) is 12.5 Å². The molecule has 1 heterocycles. The zero-order valence-electron chi connectivity index (χ0n) is 10.2. The molecule has 4 saturated carbocycles. The van der Waals surface area contributed by atoms with Gasteiger partial charge in [0.25, 0.3) is 0 Å².